The van der Waals surface area contributed by atoms with Crippen LogP contribution in [0.15, 0.2) is 70.5 Å². The first kappa shape index (κ1) is 36.0. The zero-order valence-electron chi connectivity index (χ0n) is 26.9. The molecule has 0 spiro atoms. The van der Waals surface area contributed by atoms with Crippen LogP contribution in [0.25, 0.3) is 5.52 Å². The first-order chi connectivity index (χ1) is 21.4. The summed E-state index contributed by atoms with van der Waals surface area (Å²) in [7, 11) is -4.12. The Morgan fingerprint density at radius 3 is 2.20 bits per heavy atom. The highest BCUT2D eigenvalue weighted by Gasteiger charge is 2.30. The minimum atomic E-state index is -4.12. The van der Waals surface area contributed by atoms with Crippen LogP contribution in [-0.2, 0) is 24.3 Å². The summed E-state index contributed by atoms with van der Waals surface area (Å²) in [4.78, 5) is 50.5. The van der Waals surface area contributed by atoms with Gasteiger partial charge in [-0.3, -0.25) is 18.8 Å². The van der Waals surface area contributed by atoms with Gasteiger partial charge >= 0.3 is 12.1 Å². The number of alkyl carbamates (subject to hydrolysis) is 1. The molecule has 2 aromatic heterocycles. The lowest BCUT2D eigenvalue weighted by molar-refractivity contribution is -0.156. The van der Waals surface area contributed by atoms with Crippen molar-refractivity contribution in [2.24, 2.45) is 0 Å². The van der Waals surface area contributed by atoms with Crippen LogP contribution in [0.3, 0.4) is 0 Å². The van der Waals surface area contributed by atoms with Crippen molar-refractivity contribution < 1.29 is 37.0 Å². The number of nitrogens with zero attached hydrogens (tertiary/aromatic N) is 1. The topological polar surface area (TPSA) is 171 Å². The van der Waals surface area contributed by atoms with Crippen molar-refractivity contribution in [3.8, 4) is 5.75 Å². The first-order valence-electron chi connectivity index (χ1n) is 14.8. The molecule has 14 heteroatoms. The van der Waals surface area contributed by atoms with E-state index in [1.165, 1.54) is 28.8 Å². The molecule has 1 atom stereocenters. The van der Waals surface area contributed by atoms with Gasteiger partial charge in [-0.2, -0.15) is 4.72 Å². The number of unbranched alkanes of at least 4 members (excludes halogenated alkanes) is 1. The molecular formula is C32H42N4O9S. The van der Waals surface area contributed by atoms with Crippen molar-refractivity contribution in [1.29, 1.82) is 0 Å². The van der Waals surface area contributed by atoms with E-state index >= 15 is 0 Å². The predicted octanol–water partition coefficient (Wildman–Crippen LogP) is 3.40. The summed E-state index contributed by atoms with van der Waals surface area (Å²) in [5, 5.41) is 5.21. The molecule has 1 aromatic carbocycles. The zero-order chi connectivity index (χ0) is 34.1. The third-order valence-corrected chi connectivity index (χ3v) is 7.54. The molecule has 0 aliphatic heterocycles. The van der Waals surface area contributed by atoms with Gasteiger partial charge in [0, 0.05) is 30.2 Å². The number of amides is 2. The minimum Gasteiger partial charge on any atom is -0.492 e. The fourth-order valence-corrected chi connectivity index (χ4v) is 5.25. The molecule has 0 fully saturated rings. The summed E-state index contributed by atoms with van der Waals surface area (Å²) >= 11 is 0. The third-order valence-electron chi connectivity index (χ3n) is 6.05. The van der Waals surface area contributed by atoms with E-state index in [1.54, 1.807) is 71.9 Å². The number of pyridine rings is 2. The van der Waals surface area contributed by atoms with Crippen LogP contribution in [0.5, 0.6) is 5.75 Å². The number of carbonyl (C=O) groups is 3. The Kier molecular flexibility index (Phi) is 11.9. The first-order valence-corrected chi connectivity index (χ1v) is 16.3. The van der Waals surface area contributed by atoms with Crippen LogP contribution in [0, 0.1) is 0 Å². The Labute approximate surface area is 268 Å². The summed E-state index contributed by atoms with van der Waals surface area (Å²) in [5.41, 5.74) is -1.54. The molecule has 0 saturated carbocycles. The molecule has 0 saturated heterocycles. The highest BCUT2D eigenvalue weighted by Crippen LogP contribution is 2.15. The fourth-order valence-electron chi connectivity index (χ4n) is 4.04. The summed E-state index contributed by atoms with van der Waals surface area (Å²) < 4.78 is 45.8. The highest BCUT2D eigenvalue weighted by molar-refractivity contribution is 7.89. The van der Waals surface area contributed by atoms with E-state index in [4.69, 9.17) is 14.2 Å². The predicted molar refractivity (Wildman–Crippen MR) is 171 cm³/mol. The van der Waals surface area contributed by atoms with Crippen LogP contribution < -0.4 is 25.7 Å². The Bertz CT molecular complexity index is 1690. The van der Waals surface area contributed by atoms with Gasteiger partial charge in [-0.25, -0.2) is 13.2 Å². The number of aromatic nitrogens is 1. The molecular weight excluding hydrogens is 616 g/mol. The standard InChI is InChI=1S/C32H42N4O9S/c1-31(2,3)44-29(39)26(35-46(41,42)25-12-8-7-9-13-25)20-34-28(38)22-18-23-14-15-24(21-36(23)27(37)19-22)43-17-11-10-16-33-30(40)45-32(4,5)6/h7-9,12-15,18-19,21,26,35H,10-11,16-17,20H2,1-6H3,(H,33,40)(H,34,38)/t26-/m0/s1. The van der Waals surface area contributed by atoms with E-state index in [0.717, 1.165) is 6.07 Å². The van der Waals surface area contributed by atoms with Gasteiger partial charge in [0.2, 0.25) is 10.0 Å². The molecule has 0 bridgehead atoms. The molecule has 250 valence electrons. The maximum absolute atomic E-state index is 13.0. The van der Waals surface area contributed by atoms with Crippen LogP contribution in [-0.4, -0.2) is 67.7 Å². The zero-order valence-corrected chi connectivity index (χ0v) is 27.7. The average Bonchev–Trinajstić information content (AvgIpc) is 2.95. The van der Waals surface area contributed by atoms with Gasteiger partial charge < -0.3 is 24.8 Å². The summed E-state index contributed by atoms with van der Waals surface area (Å²) in [6.45, 7) is 10.6. The summed E-state index contributed by atoms with van der Waals surface area (Å²) in [5.74, 6) is -1.12. The van der Waals surface area contributed by atoms with Crippen LogP contribution in [0.4, 0.5) is 4.79 Å². The Morgan fingerprint density at radius 1 is 0.870 bits per heavy atom. The SMILES string of the molecule is CC(C)(C)OC(=O)NCCCCOc1ccc2cc(C(=O)NC[C@H](NS(=O)(=O)c3ccccc3)C(=O)OC(C)(C)C)cc(=O)n2c1. The van der Waals surface area contributed by atoms with Gasteiger partial charge in [0.25, 0.3) is 11.5 Å². The van der Waals surface area contributed by atoms with Gasteiger partial charge in [0.1, 0.15) is 23.0 Å². The lowest BCUT2D eigenvalue weighted by atomic mass is 10.2. The molecule has 2 heterocycles. The number of hydrogen-bond donors (Lipinski definition) is 3. The maximum atomic E-state index is 13.0. The monoisotopic (exact) mass is 658 g/mol. The normalized spacial score (nSPS) is 12.7. The van der Waals surface area contributed by atoms with Crippen LogP contribution in [0.1, 0.15) is 64.7 Å². The Hall–Kier alpha value is -4.43. The van der Waals surface area contributed by atoms with Gasteiger partial charge in [0.05, 0.1) is 17.7 Å². The van der Waals surface area contributed by atoms with Crippen LogP contribution in [0.2, 0.25) is 0 Å². The lowest BCUT2D eigenvalue weighted by Gasteiger charge is -2.24. The number of esters is 1. The molecule has 3 rings (SSSR count). The van der Waals surface area contributed by atoms with Crippen LogP contribution >= 0.6 is 0 Å². The minimum absolute atomic E-state index is 0.0185. The molecule has 3 aromatic rings. The number of hydrogen-bond acceptors (Lipinski definition) is 9. The summed E-state index contributed by atoms with van der Waals surface area (Å²) in [6, 6.07) is 11.9. The number of ether oxygens (including phenoxy) is 3. The van der Waals surface area contributed by atoms with Crippen molar-refractivity contribution in [3.05, 3.63) is 76.7 Å². The number of benzene rings is 1. The third kappa shape index (κ3) is 11.5. The van der Waals surface area contributed by atoms with Crippen molar-refractivity contribution in [3.63, 3.8) is 0 Å². The molecule has 0 radical (unpaired) electrons. The molecule has 2 amide bonds. The number of fused-ring (bicyclic) bond motifs is 1. The molecule has 0 unspecified atom stereocenters. The Morgan fingerprint density at radius 2 is 1.54 bits per heavy atom. The fraction of sp³-hybridized carbons (Fsp3) is 0.438. The molecule has 13 nitrogen and oxygen atoms in total. The molecule has 0 aliphatic carbocycles. The van der Waals surface area contributed by atoms with E-state index < -0.39 is 57.3 Å². The number of carbonyl (C=O) groups excluding carboxylic acids is 3. The number of sulfonamides is 1. The van der Waals surface area contributed by atoms with Crippen molar-refractivity contribution in [2.45, 2.75) is 76.5 Å². The smallest absolute Gasteiger partial charge is 0.407 e. The van der Waals surface area contributed by atoms with Crippen molar-refractivity contribution >= 4 is 33.5 Å². The largest absolute Gasteiger partial charge is 0.492 e. The molecule has 46 heavy (non-hydrogen) atoms. The van der Waals surface area contributed by atoms with E-state index in [-0.39, 0.29) is 10.5 Å². The molecule has 3 N–H and O–H groups in total. The van der Waals surface area contributed by atoms with E-state index in [2.05, 4.69) is 15.4 Å². The van der Waals surface area contributed by atoms with Gasteiger partial charge in [-0.05, 0) is 84.7 Å². The van der Waals surface area contributed by atoms with E-state index in [0.29, 0.717) is 37.3 Å². The summed E-state index contributed by atoms with van der Waals surface area (Å²) in [6.07, 6.45) is 2.34. The second kappa shape index (κ2) is 15.2. The number of rotatable bonds is 13. The average molecular weight is 659 g/mol. The lowest BCUT2D eigenvalue weighted by Crippen LogP contribution is -2.50. The number of nitrogens with one attached hydrogen (secondary N) is 3. The van der Waals surface area contributed by atoms with Gasteiger partial charge in [-0.1, -0.05) is 18.2 Å². The Balaban J connectivity index is 1.62. The van der Waals surface area contributed by atoms with E-state index in [9.17, 15) is 27.6 Å². The quantitative estimate of drug-likeness (QED) is 0.184. The van der Waals surface area contributed by atoms with Gasteiger partial charge in [-0.15, -0.1) is 0 Å². The van der Waals surface area contributed by atoms with Gasteiger partial charge in [0.15, 0.2) is 0 Å². The van der Waals surface area contributed by atoms with E-state index in [1.807, 2.05) is 0 Å². The van der Waals surface area contributed by atoms with Crippen molar-refractivity contribution in [2.75, 3.05) is 19.7 Å². The van der Waals surface area contributed by atoms with Crippen molar-refractivity contribution in [1.82, 2.24) is 19.8 Å². The maximum Gasteiger partial charge on any atom is 0.407 e. The second-order valence-corrected chi connectivity index (χ2v) is 14.2. The molecule has 0 aliphatic rings. The second-order valence-electron chi connectivity index (χ2n) is 12.5. The highest BCUT2D eigenvalue weighted by atomic mass is 32.2.